The first-order chi connectivity index (χ1) is 6.15. The van der Waals surface area contributed by atoms with Crippen LogP contribution in [0, 0.1) is 21.4 Å². The number of aliphatic hydroxyl groups is 1. The lowest BCUT2D eigenvalue weighted by atomic mass is 10.2. The minimum atomic E-state index is -1.10. The van der Waals surface area contributed by atoms with E-state index in [1.807, 2.05) is 0 Å². The Morgan fingerprint density at radius 3 is 2.92 bits per heavy atom. The summed E-state index contributed by atoms with van der Waals surface area (Å²) in [6.45, 7) is 0. The third-order valence-electron chi connectivity index (χ3n) is 1.41. The van der Waals surface area contributed by atoms with E-state index in [1.165, 1.54) is 6.07 Å². The Morgan fingerprint density at radius 2 is 2.46 bits per heavy atom. The van der Waals surface area contributed by atoms with Crippen molar-refractivity contribution in [3.8, 4) is 6.07 Å². The summed E-state index contributed by atoms with van der Waals surface area (Å²) in [7, 11) is 0. The van der Waals surface area contributed by atoms with Crippen molar-refractivity contribution in [3.63, 3.8) is 0 Å². The Labute approximate surface area is 73.2 Å². The lowest BCUT2D eigenvalue weighted by Crippen LogP contribution is -1.93. The second-order valence-corrected chi connectivity index (χ2v) is 2.31. The summed E-state index contributed by atoms with van der Waals surface area (Å²) in [4.78, 5) is 9.45. The molecule has 0 aliphatic carbocycles. The number of nitriles is 1. The third-order valence-corrected chi connectivity index (χ3v) is 1.41. The van der Waals surface area contributed by atoms with Crippen LogP contribution < -0.4 is 0 Å². The monoisotopic (exact) mass is 182 g/mol. The molecule has 6 heteroatoms. The maximum absolute atomic E-state index is 10.2. The van der Waals surface area contributed by atoms with Gasteiger partial charge in [-0.05, 0) is 6.07 Å². The molecular weight excluding hydrogens is 176 g/mol. The molecule has 0 saturated carbocycles. The van der Waals surface area contributed by atoms with Gasteiger partial charge in [0.15, 0.2) is 0 Å². The van der Waals surface area contributed by atoms with Crippen LogP contribution in [0.1, 0.15) is 18.3 Å². The summed E-state index contributed by atoms with van der Waals surface area (Å²) < 4.78 is 4.66. The molecule has 1 rings (SSSR count). The fraction of sp³-hybridized carbons (Fsp3) is 0.286. The van der Waals surface area contributed by atoms with Crippen LogP contribution in [0.3, 0.4) is 0 Å². The van der Waals surface area contributed by atoms with E-state index in [-0.39, 0.29) is 12.2 Å². The van der Waals surface area contributed by atoms with Gasteiger partial charge in [-0.2, -0.15) is 5.26 Å². The zero-order valence-electron chi connectivity index (χ0n) is 6.51. The highest BCUT2D eigenvalue weighted by Crippen LogP contribution is 2.22. The molecule has 13 heavy (non-hydrogen) atoms. The number of furan rings is 1. The molecule has 0 spiro atoms. The smallest absolute Gasteiger partial charge is 0.403 e. The highest BCUT2D eigenvalue weighted by atomic mass is 16.6. The SMILES string of the molecule is N#CCC(O)c1ccc([N+](=O)[O-])o1. The molecule has 0 aliphatic rings. The summed E-state index contributed by atoms with van der Waals surface area (Å²) in [5.74, 6) is -0.403. The van der Waals surface area contributed by atoms with Crippen molar-refractivity contribution in [3.05, 3.63) is 28.0 Å². The largest absolute Gasteiger partial charge is 0.433 e. The molecule has 0 aliphatic heterocycles. The number of nitro groups is 1. The Hall–Kier alpha value is -1.87. The molecular formula is C7H6N2O4. The zero-order chi connectivity index (χ0) is 9.84. The first-order valence-electron chi connectivity index (χ1n) is 3.44. The van der Waals surface area contributed by atoms with Crippen molar-refractivity contribution >= 4 is 5.88 Å². The van der Waals surface area contributed by atoms with E-state index in [4.69, 9.17) is 5.26 Å². The third kappa shape index (κ3) is 2.04. The molecule has 1 unspecified atom stereocenters. The number of rotatable bonds is 3. The number of aliphatic hydroxyl groups excluding tert-OH is 1. The Kier molecular flexibility index (Phi) is 2.62. The molecule has 0 fully saturated rings. The molecule has 1 N–H and O–H groups in total. The van der Waals surface area contributed by atoms with Gasteiger partial charge < -0.3 is 9.52 Å². The van der Waals surface area contributed by atoms with Gasteiger partial charge in [-0.15, -0.1) is 0 Å². The van der Waals surface area contributed by atoms with Gasteiger partial charge in [0.05, 0.1) is 18.6 Å². The standard InChI is InChI=1S/C7H6N2O4/c8-4-3-5(10)6-1-2-7(13-6)9(11)12/h1-2,5,10H,3H2. The lowest BCUT2D eigenvalue weighted by Gasteiger charge is -1.98. The summed E-state index contributed by atoms with van der Waals surface area (Å²) in [5.41, 5.74) is 0. The second kappa shape index (κ2) is 3.69. The number of hydrogen-bond acceptors (Lipinski definition) is 5. The number of hydrogen-bond donors (Lipinski definition) is 1. The van der Waals surface area contributed by atoms with Crippen LogP contribution in [-0.2, 0) is 0 Å². The van der Waals surface area contributed by atoms with Crippen molar-refractivity contribution in [1.82, 2.24) is 0 Å². The molecule has 1 heterocycles. The summed E-state index contributed by atoms with van der Waals surface area (Å²) in [6.07, 6.45) is -1.25. The molecule has 0 aromatic carbocycles. The van der Waals surface area contributed by atoms with Crippen LogP contribution in [0.15, 0.2) is 16.5 Å². The van der Waals surface area contributed by atoms with Crippen molar-refractivity contribution in [2.75, 3.05) is 0 Å². The molecule has 1 aromatic rings. The Bertz CT molecular complexity index is 352. The van der Waals surface area contributed by atoms with Crippen LogP contribution >= 0.6 is 0 Å². The van der Waals surface area contributed by atoms with Crippen molar-refractivity contribution in [2.45, 2.75) is 12.5 Å². The maximum atomic E-state index is 10.2. The second-order valence-electron chi connectivity index (χ2n) is 2.31. The van der Waals surface area contributed by atoms with Gasteiger partial charge in [-0.1, -0.05) is 0 Å². The van der Waals surface area contributed by atoms with E-state index >= 15 is 0 Å². The molecule has 0 radical (unpaired) electrons. The van der Waals surface area contributed by atoms with Crippen molar-refractivity contribution < 1.29 is 14.4 Å². The molecule has 68 valence electrons. The molecule has 1 aromatic heterocycles. The topological polar surface area (TPSA) is 100 Å². The molecule has 6 nitrogen and oxygen atoms in total. The Balaban J connectivity index is 2.80. The van der Waals surface area contributed by atoms with E-state index in [0.29, 0.717) is 0 Å². The van der Waals surface area contributed by atoms with Crippen molar-refractivity contribution in [1.29, 1.82) is 5.26 Å². The van der Waals surface area contributed by atoms with Gasteiger partial charge in [0.1, 0.15) is 16.8 Å². The highest BCUT2D eigenvalue weighted by Gasteiger charge is 2.17. The summed E-state index contributed by atoms with van der Waals surface area (Å²) in [5, 5.41) is 27.6. The summed E-state index contributed by atoms with van der Waals surface area (Å²) in [6, 6.07) is 4.14. The van der Waals surface area contributed by atoms with Crippen LogP contribution in [0.2, 0.25) is 0 Å². The van der Waals surface area contributed by atoms with E-state index in [0.717, 1.165) is 6.07 Å². The average molecular weight is 182 g/mol. The van der Waals surface area contributed by atoms with Crippen LogP contribution in [0.5, 0.6) is 0 Å². The van der Waals surface area contributed by atoms with Crippen molar-refractivity contribution in [2.24, 2.45) is 0 Å². The lowest BCUT2D eigenvalue weighted by molar-refractivity contribution is -0.402. The maximum Gasteiger partial charge on any atom is 0.433 e. The van der Waals surface area contributed by atoms with Gasteiger partial charge in [0.2, 0.25) is 0 Å². The predicted molar refractivity (Wildman–Crippen MR) is 40.6 cm³/mol. The predicted octanol–water partition coefficient (Wildman–Crippen LogP) is 1.13. The molecule has 0 bridgehead atoms. The van der Waals surface area contributed by atoms with Gasteiger partial charge in [-0.25, -0.2) is 0 Å². The molecule has 0 amide bonds. The van der Waals surface area contributed by atoms with Crippen LogP contribution in [0.25, 0.3) is 0 Å². The minimum Gasteiger partial charge on any atom is -0.403 e. The van der Waals surface area contributed by atoms with Gasteiger partial charge in [0, 0.05) is 0 Å². The fourth-order valence-corrected chi connectivity index (χ4v) is 0.806. The first-order valence-corrected chi connectivity index (χ1v) is 3.44. The van der Waals surface area contributed by atoms with E-state index in [9.17, 15) is 15.2 Å². The van der Waals surface area contributed by atoms with Gasteiger partial charge in [0.25, 0.3) is 0 Å². The molecule has 1 atom stereocenters. The van der Waals surface area contributed by atoms with E-state index < -0.39 is 16.9 Å². The van der Waals surface area contributed by atoms with E-state index in [2.05, 4.69) is 4.42 Å². The fourth-order valence-electron chi connectivity index (χ4n) is 0.806. The van der Waals surface area contributed by atoms with Crippen LogP contribution in [0.4, 0.5) is 5.88 Å². The van der Waals surface area contributed by atoms with Gasteiger partial charge >= 0.3 is 5.88 Å². The van der Waals surface area contributed by atoms with Gasteiger partial charge in [-0.3, -0.25) is 10.1 Å². The van der Waals surface area contributed by atoms with E-state index in [1.54, 1.807) is 6.07 Å². The normalized spacial score (nSPS) is 12.0. The first kappa shape index (κ1) is 9.22. The molecule has 0 saturated heterocycles. The Morgan fingerprint density at radius 1 is 1.77 bits per heavy atom. The number of nitrogens with zero attached hydrogens (tertiary/aromatic N) is 2. The minimum absolute atomic E-state index is 0.0354. The quantitative estimate of drug-likeness (QED) is 0.557. The average Bonchev–Trinajstić information content (AvgIpc) is 2.52. The summed E-state index contributed by atoms with van der Waals surface area (Å²) >= 11 is 0. The highest BCUT2D eigenvalue weighted by molar-refractivity contribution is 5.19. The zero-order valence-corrected chi connectivity index (χ0v) is 6.51. The van der Waals surface area contributed by atoms with Crippen LogP contribution in [-0.4, -0.2) is 10.0 Å².